The van der Waals surface area contributed by atoms with E-state index in [-0.39, 0.29) is 23.5 Å². The molecule has 0 atom stereocenters. The van der Waals surface area contributed by atoms with Gasteiger partial charge in [-0.1, -0.05) is 0 Å². The lowest BCUT2D eigenvalue weighted by Gasteiger charge is -2.24. The Morgan fingerprint density at radius 3 is 2.47 bits per heavy atom. The zero-order valence-corrected chi connectivity index (χ0v) is 17.7. The van der Waals surface area contributed by atoms with E-state index in [1.807, 2.05) is 17.9 Å². The SMILES string of the molecule is CCN(CCNS(C)(=O)=O)c1ccc(-n2c(N)c3c(cc2=O)C(=O)NC3=O)c(C)c1. The highest BCUT2D eigenvalue weighted by Crippen LogP contribution is 2.26. The number of carbonyl (C=O) groups is 2. The zero-order valence-electron chi connectivity index (χ0n) is 16.9. The number of aryl methyl sites for hydroxylation is 1. The van der Waals surface area contributed by atoms with Crippen molar-refractivity contribution in [3.05, 3.63) is 51.3 Å². The summed E-state index contributed by atoms with van der Waals surface area (Å²) in [6.07, 6.45) is 1.11. The van der Waals surface area contributed by atoms with Crippen molar-refractivity contribution in [1.29, 1.82) is 0 Å². The van der Waals surface area contributed by atoms with Gasteiger partial charge in [-0.25, -0.2) is 13.1 Å². The molecule has 160 valence electrons. The Kier molecular flexibility index (Phi) is 5.68. The molecule has 0 saturated heterocycles. The summed E-state index contributed by atoms with van der Waals surface area (Å²) < 4.78 is 26.2. The lowest BCUT2D eigenvalue weighted by Crippen LogP contribution is -2.34. The van der Waals surface area contributed by atoms with Gasteiger partial charge in [0.05, 0.1) is 23.1 Å². The number of rotatable bonds is 7. The highest BCUT2D eigenvalue weighted by atomic mass is 32.2. The molecule has 0 fully saturated rings. The van der Waals surface area contributed by atoms with Crippen LogP contribution in [0.25, 0.3) is 5.69 Å². The van der Waals surface area contributed by atoms with Crippen LogP contribution in [0.2, 0.25) is 0 Å². The number of sulfonamides is 1. The summed E-state index contributed by atoms with van der Waals surface area (Å²) in [6, 6.07) is 6.45. The van der Waals surface area contributed by atoms with Crippen LogP contribution in [0, 0.1) is 6.92 Å². The molecule has 30 heavy (non-hydrogen) atoms. The average Bonchev–Trinajstić information content (AvgIpc) is 2.93. The monoisotopic (exact) mass is 433 g/mol. The lowest BCUT2D eigenvalue weighted by atomic mass is 10.1. The van der Waals surface area contributed by atoms with E-state index in [0.717, 1.165) is 23.6 Å². The fourth-order valence-corrected chi connectivity index (χ4v) is 3.91. The van der Waals surface area contributed by atoms with Crippen LogP contribution in [0.1, 0.15) is 33.2 Å². The van der Waals surface area contributed by atoms with Crippen LogP contribution in [0.4, 0.5) is 11.5 Å². The van der Waals surface area contributed by atoms with Gasteiger partial charge in [-0.05, 0) is 37.6 Å². The van der Waals surface area contributed by atoms with Crippen LogP contribution in [-0.4, -0.2) is 50.7 Å². The number of aromatic nitrogens is 1. The largest absolute Gasteiger partial charge is 0.384 e. The molecule has 0 saturated carbocycles. The Bertz CT molecular complexity index is 1200. The van der Waals surface area contributed by atoms with E-state index in [1.165, 1.54) is 4.57 Å². The molecule has 0 bridgehead atoms. The Hall–Kier alpha value is -3.18. The van der Waals surface area contributed by atoms with Gasteiger partial charge >= 0.3 is 0 Å². The molecule has 1 aromatic carbocycles. The quantitative estimate of drug-likeness (QED) is 0.521. The molecular formula is C19H23N5O5S. The zero-order chi connectivity index (χ0) is 22.2. The van der Waals surface area contributed by atoms with E-state index in [4.69, 9.17) is 5.73 Å². The van der Waals surface area contributed by atoms with Crippen molar-refractivity contribution in [3.63, 3.8) is 0 Å². The Balaban J connectivity index is 1.97. The van der Waals surface area contributed by atoms with Gasteiger partial charge in [0.2, 0.25) is 10.0 Å². The number of nitrogens with two attached hydrogens (primary N) is 1. The first-order valence-corrected chi connectivity index (χ1v) is 11.1. The minimum Gasteiger partial charge on any atom is -0.384 e. The molecule has 1 aliphatic rings. The van der Waals surface area contributed by atoms with E-state index < -0.39 is 27.4 Å². The molecule has 0 aliphatic carbocycles. The van der Waals surface area contributed by atoms with Crippen molar-refractivity contribution in [1.82, 2.24) is 14.6 Å². The number of hydrogen-bond acceptors (Lipinski definition) is 7. The second-order valence-electron chi connectivity index (χ2n) is 6.99. The van der Waals surface area contributed by atoms with Crippen molar-refractivity contribution in [2.75, 3.05) is 36.5 Å². The first-order chi connectivity index (χ1) is 14.0. The summed E-state index contributed by atoms with van der Waals surface area (Å²) in [5, 5.41) is 2.14. The molecule has 2 amide bonds. The maximum atomic E-state index is 12.6. The predicted octanol–water partition coefficient (Wildman–Crippen LogP) is -0.0128. The number of nitrogen functional groups attached to an aromatic ring is 1. The summed E-state index contributed by atoms with van der Waals surface area (Å²) >= 11 is 0. The third-order valence-corrected chi connectivity index (χ3v) is 5.60. The molecular weight excluding hydrogens is 410 g/mol. The van der Waals surface area contributed by atoms with Crippen LogP contribution in [-0.2, 0) is 10.0 Å². The van der Waals surface area contributed by atoms with Crippen molar-refractivity contribution >= 4 is 33.3 Å². The summed E-state index contributed by atoms with van der Waals surface area (Å²) in [7, 11) is -3.27. The van der Waals surface area contributed by atoms with Gasteiger partial charge < -0.3 is 10.6 Å². The average molecular weight is 433 g/mol. The number of fused-ring (bicyclic) bond motifs is 1. The van der Waals surface area contributed by atoms with E-state index in [1.54, 1.807) is 19.1 Å². The number of nitrogens with one attached hydrogen (secondary N) is 2. The van der Waals surface area contributed by atoms with Gasteiger partial charge in [0, 0.05) is 31.4 Å². The standard InChI is InChI=1S/C19H23N5O5S/c1-4-23(8-7-21-30(3,28)29)12-5-6-14(11(2)9-12)24-15(25)10-13-16(17(24)20)19(27)22-18(13)26/h5-6,9-10,21H,4,7-8,20H2,1-3H3,(H,22,26,27). The molecule has 3 rings (SSSR count). The molecule has 0 unspecified atom stereocenters. The summed E-state index contributed by atoms with van der Waals surface area (Å²) in [5.74, 6) is -1.37. The van der Waals surface area contributed by atoms with Crippen molar-refractivity contribution in [2.45, 2.75) is 13.8 Å². The third kappa shape index (κ3) is 4.07. The maximum Gasteiger partial charge on any atom is 0.262 e. The Morgan fingerprint density at radius 2 is 1.87 bits per heavy atom. The maximum absolute atomic E-state index is 12.6. The van der Waals surface area contributed by atoms with Crippen molar-refractivity contribution in [3.8, 4) is 5.69 Å². The molecule has 4 N–H and O–H groups in total. The van der Waals surface area contributed by atoms with E-state index in [9.17, 15) is 22.8 Å². The van der Waals surface area contributed by atoms with Crippen LogP contribution in [0.5, 0.6) is 0 Å². The molecule has 11 heteroatoms. The van der Waals surface area contributed by atoms with Crippen LogP contribution >= 0.6 is 0 Å². The highest BCUT2D eigenvalue weighted by molar-refractivity contribution is 7.88. The number of anilines is 2. The topological polar surface area (TPSA) is 144 Å². The van der Waals surface area contributed by atoms with Crippen molar-refractivity contribution in [2.24, 2.45) is 0 Å². The summed E-state index contributed by atoms with van der Waals surface area (Å²) in [4.78, 5) is 38.5. The van der Waals surface area contributed by atoms with Gasteiger partial charge in [-0.3, -0.25) is 24.3 Å². The van der Waals surface area contributed by atoms with Crippen LogP contribution in [0.3, 0.4) is 0 Å². The van der Waals surface area contributed by atoms with E-state index >= 15 is 0 Å². The van der Waals surface area contributed by atoms with Gasteiger partial charge in [-0.15, -0.1) is 0 Å². The van der Waals surface area contributed by atoms with Gasteiger partial charge in [0.15, 0.2) is 0 Å². The molecule has 0 radical (unpaired) electrons. The Labute approximate surface area is 173 Å². The lowest BCUT2D eigenvalue weighted by molar-refractivity contribution is 0.0880. The van der Waals surface area contributed by atoms with Crippen LogP contribution in [0.15, 0.2) is 29.1 Å². The minimum absolute atomic E-state index is 0.00916. The Morgan fingerprint density at radius 1 is 1.17 bits per heavy atom. The number of benzene rings is 1. The number of hydrogen-bond donors (Lipinski definition) is 3. The fourth-order valence-electron chi connectivity index (χ4n) is 3.45. The smallest absolute Gasteiger partial charge is 0.262 e. The molecule has 2 aromatic rings. The molecule has 2 heterocycles. The van der Waals surface area contributed by atoms with Gasteiger partial charge in [0.25, 0.3) is 17.4 Å². The minimum atomic E-state index is -3.27. The molecule has 10 nitrogen and oxygen atoms in total. The first kappa shape index (κ1) is 21.5. The number of nitrogens with zero attached hydrogens (tertiary/aromatic N) is 2. The van der Waals surface area contributed by atoms with Gasteiger partial charge in [0.1, 0.15) is 5.82 Å². The normalized spacial score (nSPS) is 13.3. The van der Waals surface area contributed by atoms with E-state index in [0.29, 0.717) is 18.8 Å². The fraction of sp³-hybridized carbons (Fsp3) is 0.316. The number of likely N-dealkylation sites (N-methyl/N-ethyl adjacent to an activating group) is 1. The van der Waals surface area contributed by atoms with E-state index in [2.05, 4.69) is 10.0 Å². The summed E-state index contributed by atoms with van der Waals surface area (Å²) in [5.41, 5.74) is 7.60. The second kappa shape index (κ2) is 7.92. The highest BCUT2D eigenvalue weighted by Gasteiger charge is 2.32. The number of amides is 2. The van der Waals surface area contributed by atoms with Crippen molar-refractivity contribution < 1.29 is 18.0 Å². The van der Waals surface area contributed by atoms with Gasteiger partial charge in [-0.2, -0.15) is 0 Å². The third-order valence-electron chi connectivity index (χ3n) is 4.87. The first-order valence-electron chi connectivity index (χ1n) is 9.25. The number of carbonyl (C=O) groups excluding carboxylic acids is 2. The number of pyridine rings is 1. The molecule has 1 aromatic heterocycles. The number of imide groups is 1. The summed E-state index contributed by atoms with van der Waals surface area (Å²) in [6.45, 7) is 5.11. The second-order valence-corrected chi connectivity index (χ2v) is 8.83. The molecule has 1 aliphatic heterocycles. The van der Waals surface area contributed by atoms with Crippen LogP contribution < -0.4 is 26.2 Å². The predicted molar refractivity (Wildman–Crippen MR) is 114 cm³/mol. The molecule has 0 spiro atoms.